The Kier molecular flexibility index (Phi) is 7.03. The van der Waals surface area contributed by atoms with Crippen LogP contribution in [-0.2, 0) is 10.0 Å². The minimum atomic E-state index is -3.24. The van der Waals surface area contributed by atoms with Gasteiger partial charge in [-0.1, -0.05) is 11.6 Å². The zero-order chi connectivity index (χ0) is 24.6. The number of carbonyl (C=O) groups is 2. The summed E-state index contributed by atoms with van der Waals surface area (Å²) in [5, 5.41) is 3.46. The van der Waals surface area contributed by atoms with Crippen molar-refractivity contribution in [1.82, 2.24) is 4.72 Å². The van der Waals surface area contributed by atoms with Gasteiger partial charge >= 0.3 is 0 Å². The molecule has 2 aromatic carbocycles. The number of anilines is 2. The van der Waals surface area contributed by atoms with Crippen LogP contribution >= 0.6 is 11.6 Å². The highest BCUT2D eigenvalue weighted by Crippen LogP contribution is 2.33. The average Bonchev–Trinajstić information content (AvgIpc) is 3.02. The van der Waals surface area contributed by atoms with E-state index in [2.05, 4.69) is 10.0 Å². The van der Waals surface area contributed by atoms with E-state index in [1.165, 1.54) is 11.0 Å². The fourth-order valence-corrected chi connectivity index (χ4v) is 5.71. The summed E-state index contributed by atoms with van der Waals surface area (Å²) in [6, 6.07) is 10.4. The Morgan fingerprint density at radius 1 is 1.00 bits per heavy atom. The summed E-state index contributed by atoms with van der Waals surface area (Å²) in [5.41, 5.74) is 2.99. The second kappa shape index (κ2) is 9.68. The highest BCUT2D eigenvalue weighted by Gasteiger charge is 2.37. The van der Waals surface area contributed by atoms with Crippen LogP contribution in [0.2, 0.25) is 5.02 Å². The lowest BCUT2D eigenvalue weighted by Crippen LogP contribution is -2.41. The quantitative estimate of drug-likeness (QED) is 0.532. The first-order valence-corrected chi connectivity index (χ1v) is 13.5. The van der Waals surface area contributed by atoms with E-state index in [0.717, 1.165) is 43.5 Å². The second-order valence-corrected chi connectivity index (χ2v) is 12.2. The van der Waals surface area contributed by atoms with Gasteiger partial charge in [0, 0.05) is 23.3 Å². The largest absolute Gasteiger partial charge is 0.385 e. The van der Waals surface area contributed by atoms with Crippen LogP contribution < -0.4 is 14.9 Å². The molecule has 34 heavy (non-hydrogen) atoms. The summed E-state index contributed by atoms with van der Waals surface area (Å²) in [7, 11) is -3.24. The van der Waals surface area contributed by atoms with Gasteiger partial charge in [0.2, 0.25) is 10.0 Å². The summed E-state index contributed by atoms with van der Waals surface area (Å²) >= 11 is 6.01. The second-order valence-electron chi connectivity index (χ2n) is 9.45. The van der Waals surface area contributed by atoms with Crippen molar-refractivity contribution < 1.29 is 18.0 Å². The van der Waals surface area contributed by atoms with Crippen molar-refractivity contribution in [3.8, 4) is 0 Å². The third kappa shape index (κ3) is 4.99. The Bertz CT molecular complexity index is 1220. The Hall–Kier alpha value is -2.42. The number of nitrogens with one attached hydrogen (secondary N) is 2. The molecule has 4 rings (SSSR count). The lowest BCUT2D eigenvalue weighted by molar-refractivity contribution is 0.0926. The van der Waals surface area contributed by atoms with Crippen LogP contribution in [0.4, 0.5) is 11.4 Å². The van der Waals surface area contributed by atoms with E-state index in [4.69, 9.17) is 11.6 Å². The molecule has 1 aliphatic heterocycles. The fourth-order valence-electron chi connectivity index (χ4n) is 4.56. The third-order valence-corrected chi connectivity index (χ3v) is 8.82. The number of hydrogen-bond acceptors (Lipinski definition) is 5. The monoisotopic (exact) mass is 503 g/mol. The SMILES string of the molecule is Cc1cc(NCC2CCC(NS(=O)(=O)C(C)C)CC2)ccc1N1C(=O)c2ccc(Cl)cc2C1=O. The van der Waals surface area contributed by atoms with Gasteiger partial charge in [0.25, 0.3) is 11.8 Å². The van der Waals surface area contributed by atoms with E-state index in [9.17, 15) is 18.0 Å². The van der Waals surface area contributed by atoms with Gasteiger partial charge in [0.05, 0.1) is 22.1 Å². The van der Waals surface area contributed by atoms with Gasteiger partial charge in [-0.15, -0.1) is 0 Å². The smallest absolute Gasteiger partial charge is 0.266 e. The van der Waals surface area contributed by atoms with Gasteiger partial charge in [0.1, 0.15) is 0 Å². The zero-order valence-electron chi connectivity index (χ0n) is 19.6. The number of amides is 2. The number of carbonyl (C=O) groups excluding carboxylic acids is 2. The number of nitrogens with zero attached hydrogens (tertiary/aromatic N) is 1. The number of hydrogen-bond donors (Lipinski definition) is 2. The highest BCUT2D eigenvalue weighted by atomic mass is 35.5. The summed E-state index contributed by atoms with van der Waals surface area (Å²) in [5.74, 6) is -0.248. The molecule has 7 nitrogen and oxygen atoms in total. The first-order valence-electron chi connectivity index (χ1n) is 11.6. The Morgan fingerprint density at radius 2 is 1.68 bits per heavy atom. The summed E-state index contributed by atoms with van der Waals surface area (Å²) < 4.78 is 27.0. The molecule has 2 N–H and O–H groups in total. The van der Waals surface area contributed by atoms with Gasteiger partial charge in [-0.3, -0.25) is 9.59 Å². The highest BCUT2D eigenvalue weighted by molar-refractivity contribution is 7.90. The summed E-state index contributed by atoms with van der Waals surface area (Å²) in [6.07, 6.45) is 3.57. The number of fused-ring (bicyclic) bond motifs is 1. The molecule has 1 aliphatic carbocycles. The molecule has 0 radical (unpaired) electrons. The molecule has 0 saturated heterocycles. The van der Waals surface area contributed by atoms with Crippen molar-refractivity contribution in [3.05, 3.63) is 58.1 Å². The third-order valence-electron chi connectivity index (χ3n) is 6.68. The maximum atomic E-state index is 12.9. The first-order chi connectivity index (χ1) is 16.1. The van der Waals surface area contributed by atoms with E-state index in [0.29, 0.717) is 27.8 Å². The van der Waals surface area contributed by atoms with Crippen LogP contribution in [0.3, 0.4) is 0 Å². The van der Waals surface area contributed by atoms with E-state index in [1.807, 2.05) is 19.1 Å². The Morgan fingerprint density at radius 3 is 2.32 bits per heavy atom. The molecule has 1 fully saturated rings. The average molecular weight is 504 g/mol. The van der Waals surface area contributed by atoms with Crippen LogP contribution in [0, 0.1) is 12.8 Å². The normalized spacial score (nSPS) is 20.7. The number of imide groups is 1. The van der Waals surface area contributed by atoms with Gasteiger partial charge in [-0.05, 0) is 94.3 Å². The van der Waals surface area contributed by atoms with E-state index < -0.39 is 15.3 Å². The fraction of sp³-hybridized carbons (Fsp3) is 0.440. The number of sulfonamides is 1. The summed E-state index contributed by atoms with van der Waals surface area (Å²) in [6.45, 7) is 6.04. The molecule has 1 heterocycles. The molecule has 0 spiro atoms. The lowest BCUT2D eigenvalue weighted by Gasteiger charge is -2.30. The molecule has 9 heteroatoms. The van der Waals surface area contributed by atoms with Gasteiger partial charge in [-0.2, -0.15) is 0 Å². The van der Waals surface area contributed by atoms with E-state index in [1.54, 1.807) is 32.0 Å². The molecule has 2 amide bonds. The van der Waals surface area contributed by atoms with Crippen LogP contribution in [0.5, 0.6) is 0 Å². The topological polar surface area (TPSA) is 95.6 Å². The van der Waals surface area contributed by atoms with Gasteiger partial charge in [-0.25, -0.2) is 18.0 Å². The lowest BCUT2D eigenvalue weighted by atomic mass is 9.86. The molecule has 0 bridgehead atoms. The van der Waals surface area contributed by atoms with E-state index in [-0.39, 0.29) is 17.9 Å². The molecular weight excluding hydrogens is 474 g/mol. The minimum Gasteiger partial charge on any atom is -0.385 e. The molecular formula is C25H30ClN3O4S. The van der Waals surface area contributed by atoms with Gasteiger partial charge < -0.3 is 5.32 Å². The van der Waals surface area contributed by atoms with Crippen LogP contribution in [0.15, 0.2) is 36.4 Å². The molecule has 182 valence electrons. The molecule has 0 atom stereocenters. The first kappa shape index (κ1) is 24.7. The van der Waals surface area contributed by atoms with Crippen molar-refractivity contribution in [1.29, 1.82) is 0 Å². The Balaban J connectivity index is 1.35. The molecule has 1 saturated carbocycles. The minimum absolute atomic E-state index is 0.0136. The predicted octanol–water partition coefficient (Wildman–Crippen LogP) is 4.75. The Labute approximate surface area is 205 Å². The van der Waals surface area contributed by atoms with Crippen molar-refractivity contribution in [3.63, 3.8) is 0 Å². The molecule has 2 aromatic rings. The number of halogens is 1. The predicted molar refractivity (Wildman–Crippen MR) is 135 cm³/mol. The maximum Gasteiger partial charge on any atom is 0.266 e. The standard InChI is InChI=1S/C25H30ClN3O4S/c1-15(2)34(32,33)28-19-7-4-17(5-8-19)14-27-20-9-11-23(16(3)12-20)29-24(30)21-10-6-18(26)13-22(21)25(29)31/h6,9-13,15,17,19,27-28H,4-5,7-8,14H2,1-3H3. The van der Waals surface area contributed by atoms with Crippen LogP contribution in [-0.4, -0.2) is 38.1 Å². The number of rotatable bonds is 7. The van der Waals surface area contributed by atoms with E-state index >= 15 is 0 Å². The van der Waals surface area contributed by atoms with Crippen LogP contribution in [0.1, 0.15) is 65.8 Å². The maximum absolute atomic E-state index is 12.9. The summed E-state index contributed by atoms with van der Waals surface area (Å²) in [4.78, 5) is 26.9. The van der Waals surface area contributed by atoms with Crippen molar-refractivity contribution >= 4 is 44.8 Å². The number of aryl methyl sites for hydroxylation is 1. The molecule has 2 aliphatic rings. The molecule has 0 aromatic heterocycles. The molecule has 0 unspecified atom stereocenters. The van der Waals surface area contributed by atoms with Crippen LogP contribution in [0.25, 0.3) is 0 Å². The van der Waals surface area contributed by atoms with Crippen molar-refractivity contribution in [2.45, 2.75) is 57.7 Å². The van der Waals surface area contributed by atoms with Gasteiger partial charge in [0.15, 0.2) is 0 Å². The van der Waals surface area contributed by atoms with Crippen molar-refractivity contribution in [2.24, 2.45) is 5.92 Å². The zero-order valence-corrected chi connectivity index (χ0v) is 21.2. The number of benzene rings is 2. The van der Waals surface area contributed by atoms with Crippen molar-refractivity contribution in [2.75, 3.05) is 16.8 Å².